The van der Waals surface area contributed by atoms with Gasteiger partial charge in [-0.1, -0.05) is 18.2 Å². The van der Waals surface area contributed by atoms with Gasteiger partial charge >= 0.3 is 0 Å². The molecule has 1 saturated heterocycles. The summed E-state index contributed by atoms with van der Waals surface area (Å²) in [6.07, 6.45) is 1.49. The van der Waals surface area contributed by atoms with Crippen molar-refractivity contribution in [1.29, 1.82) is 0 Å². The fourth-order valence-electron chi connectivity index (χ4n) is 2.58. The summed E-state index contributed by atoms with van der Waals surface area (Å²) in [6, 6.07) is 6.29. The van der Waals surface area contributed by atoms with Crippen molar-refractivity contribution in [3.05, 3.63) is 35.6 Å². The van der Waals surface area contributed by atoms with Gasteiger partial charge in [-0.2, -0.15) is 0 Å². The molecule has 0 spiro atoms. The van der Waals surface area contributed by atoms with Crippen molar-refractivity contribution in [2.24, 2.45) is 0 Å². The molecule has 0 radical (unpaired) electrons. The second-order valence-electron chi connectivity index (χ2n) is 5.75. The van der Waals surface area contributed by atoms with Crippen LogP contribution in [-0.4, -0.2) is 69.2 Å². The average molecular weight is 358 g/mol. The molecule has 0 unspecified atom stereocenters. The van der Waals surface area contributed by atoms with Crippen LogP contribution in [0.3, 0.4) is 0 Å². The monoisotopic (exact) mass is 358 g/mol. The summed E-state index contributed by atoms with van der Waals surface area (Å²) < 4.78 is 43.9. The van der Waals surface area contributed by atoms with E-state index < -0.39 is 10.0 Å². The molecule has 1 fully saturated rings. The Morgan fingerprint density at radius 1 is 1.25 bits per heavy atom. The standard InChI is InChI=1S/C16H23FN2O4S/c1-24(21,22)19(8-6-14-4-2-3-5-15(14)17)9-7-16(20)18-10-12-23-13-11-18/h2-5H,6-13H2,1H3. The average Bonchev–Trinajstić information content (AvgIpc) is 2.55. The van der Waals surface area contributed by atoms with Gasteiger partial charge in [0.2, 0.25) is 15.9 Å². The van der Waals surface area contributed by atoms with E-state index in [2.05, 4.69) is 0 Å². The third-order valence-electron chi connectivity index (χ3n) is 4.00. The number of benzene rings is 1. The zero-order chi connectivity index (χ0) is 17.6. The number of nitrogens with zero attached hydrogens (tertiary/aromatic N) is 2. The Balaban J connectivity index is 1.91. The fourth-order valence-corrected chi connectivity index (χ4v) is 3.43. The number of ether oxygens (including phenoxy) is 1. The largest absolute Gasteiger partial charge is 0.378 e. The van der Waals surface area contributed by atoms with Crippen molar-refractivity contribution in [2.75, 3.05) is 45.6 Å². The van der Waals surface area contributed by atoms with Crippen molar-refractivity contribution in [1.82, 2.24) is 9.21 Å². The van der Waals surface area contributed by atoms with E-state index in [1.54, 1.807) is 23.1 Å². The normalized spacial score (nSPS) is 15.7. The molecule has 1 amide bonds. The Morgan fingerprint density at radius 3 is 2.54 bits per heavy atom. The van der Waals surface area contributed by atoms with Crippen molar-refractivity contribution in [2.45, 2.75) is 12.8 Å². The molecule has 8 heteroatoms. The fraction of sp³-hybridized carbons (Fsp3) is 0.562. The molecule has 6 nitrogen and oxygen atoms in total. The highest BCUT2D eigenvalue weighted by Gasteiger charge is 2.21. The Labute approximate surface area is 142 Å². The molecule has 0 saturated carbocycles. The maximum atomic E-state index is 13.7. The van der Waals surface area contributed by atoms with Crippen LogP contribution in [0.4, 0.5) is 4.39 Å². The van der Waals surface area contributed by atoms with E-state index in [9.17, 15) is 17.6 Å². The molecule has 0 bridgehead atoms. The van der Waals surface area contributed by atoms with Gasteiger partial charge in [0, 0.05) is 32.6 Å². The Bertz CT molecular complexity index is 660. The third kappa shape index (κ3) is 5.54. The van der Waals surface area contributed by atoms with Gasteiger partial charge in [0.1, 0.15) is 5.82 Å². The van der Waals surface area contributed by atoms with Gasteiger partial charge in [-0.15, -0.1) is 0 Å². The van der Waals surface area contributed by atoms with Gasteiger partial charge in [-0.05, 0) is 18.1 Å². The van der Waals surface area contributed by atoms with Gasteiger partial charge in [0.25, 0.3) is 0 Å². The molecule has 24 heavy (non-hydrogen) atoms. The highest BCUT2D eigenvalue weighted by atomic mass is 32.2. The molecular formula is C16H23FN2O4S. The summed E-state index contributed by atoms with van der Waals surface area (Å²) in [5.74, 6) is -0.437. The molecule has 2 rings (SSSR count). The highest BCUT2D eigenvalue weighted by molar-refractivity contribution is 7.88. The first-order valence-corrected chi connectivity index (χ1v) is 9.77. The van der Waals surface area contributed by atoms with Gasteiger partial charge in [-0.3, -0.25) is 4.79 Å². The first kappa shape index (κ1) is 18.8. The maximum Gasteiger partial charge on any atom is 0.224 e. The molecule has 0 N–H and O–H groups in total. The lowest BCUT2D eigenvalue weighted by Gasteiger charge is -2.28. The molecule has 1 aromatic rings. The summed E-state index contributed by atoms with van der Waals surface area (Å²) in [6.45, 7) is 2.34. The maximum absolute atomic E-state index is 13.7. The molecular weight excluding hydrogens is 335 g/mol. The Hall–Kier alpha value is -1.51. The lowest BCUT2D eigenvalue weighted by atomic mass is 10.1. The van der Waals surface area contributed by atoms with Crippen LogP contribution in [0.2, 0.25) is 0 Å². The zero-order valence-electron chi connectivity index (χ0n) is 13.8. The lowest BCUT2D eigenvalue weighted by Crippen LogP contribution is -2.42. The van der Waals surface area contributed by atoms with Gasteiger partial charge in [0.15, 0.2) is 0 Å². The molecule has 0 aliphatic carbocycles. The molecule has 1 aromatic carbocycles. The number of halogens is 1. The third-order valence-corrected chi connectivity index (χ3v) is 5.30. The summed E-state index contributed by atoms with van der Waals surface area (Å²) in [5, 5.41) is 0. The van der Waals surface area contributed by atoms with Gasteiger partial charge in [-0.25, -0.2) is 17.1 Å². The number of rotatable bonds is 7. The molecule has 1 heterocycles. The van der Waals surface area contributed by atoms with Crippen LogP contribution in [0.15, 0.2) is 24.3 Å². The number of morpholine rings is 1. The summed E-state index contributed by atoms with van der Waals surface area (Å²) >= 11 is 0. The minimum absolute atomic E-state index is 0.0853. The number of sulfonamides is 1. The number of hydrogen-bond donors (Lipinski definition) is 0. The second kappa shape index (κ2) is 8.55. The van der Waals surface area contributed by atoms with Crippen LogP contribution in [0.1, 0.15) is 12.0 Å². The predicted octanol–water partition coefficient (Wildman–Crippen LogP) is 0.879. The lowest BCUT2D eigenvalue weighted by molar-refractivity contribution is -0.135. The van der Waals surface area contributed by atoms with Crippen molar-refractivity contribution < 1.29 is 22.3 Å². The Morgan fingerprint density at radius 2 is 1.92 bits per heavy atom. The van der Waals surface area contributed by atoms with E-state index in [1.165, 1.54) is 10.4 Å². The van der Waals surface area contributed by atoms with Crippen LogP contribution in [0, 0.1) is 5.82 Å². The smallest absolute Gasteiger partial charge is 0.224 e. The van der Waals surface area contributed by atoms with E-state index in [0.29, 0.717) is 31.9 Å². The van der Waals surface area contributed by atoms with E-state index >= 15 is 0 Å². The second-order valence-corrected chi connectivity index (χ2v) is 7.73. The van der Waals surface area contributed by atoms with Crippen LogP contribution in [-0.2, 0) is 26.0 Å². The summed E-state index contributed by atoms with van der Waals surface area (Å²) in [7, 11) is -3.46. The van der Waals surface area contributed by atoms with Crippen molar-refractivity contribution in [3.8, 4) is 0 Å². The van der Waals surface area contributed by atoms with Gasteiger partial charge < -0.3 is 9.64 Å². The van der Waals surface area contributed by atoms with Crippen LogP contribution in [0.5, 0.6) is 0 Å². The molecule has 0 aromatic heterocycles. The quantitative estimate of drug-likeness (QED) is 0.726. The highest BCUT2D eigenvalue weighted by Crippen LogP contribution is 2.10. The predicted molar refractivity (Wildman–Crippen MR) is 88.5 cm³/mol. The SMILES string of the molecule is CS(=O)(=O)N(CCC(=O)N1CCOCC1)CCc1ccccc1F. The number of carbonyl (C=O) groups excluding carboxylic acids is 1. The number of amides is 1. The van der Waals surface area contributed by atoms with E-state index in [-0.39, 0.29) is 37.7 Å². The number of carbonyl (C=O) groups is 1. The van der Waals surface area contributed by atoms with Crippen LogP contribution in [0.25, 0.3) is 0 Å². The summed E-state index contributed by atoms with van der Waals surface area (Å²) in [5.41, 5.74) is 0.464. The van der Waals surface area contributed by atoms with E-state index in [4.69, 9.17) is 4.74 Å². The first-order valence-electron chi connectivity index (χ1n) is 7.92. The van der Waals surface area contributed by atoms with Crippen LogP contribution < -0.4 is 0 Å². The number of hydrogen-bond acceptors (Lipinski definition) is 4. The van der Waals surface area contributed by atoms with Crippen LogP contribution >= 0.6 is 0 Å². The zero-order valence-corrected chi connectivity index (χ0v) is 14.6. The van der Waals surface area contributed by atoms with E-state index in [0.717, 1.165) is 6.26 Å². The molecule has 1 aliphatic heterocycles. The Kier molecular flexibility index (Phi) is 6.70. The molecule has 0 atom stereocenters. The minimum atomic E-state index is -3.46. The van der Waals surface area contributed by atoms with Crippen molar-refractivity contribution >= 4 is 15.9 Å². The van der Waals surface area contributed by atoms with E-state index in [1.807, 2.05) is 0 Å². The molecule has 134 valence electrons. The topological polar surface area (TPSA) is 66.9 Å². The van der Waals surface area contributed by atoms with Crippen molar-refractivity contribution in [3.63, 3.8) is 0 Å². The first-order chi connectivity index (χ1) is 11.4. The minimum Gasteiger partial charge on any atom is -0.378 e. The van der Waals surface area contributed by atoms with Gasteiger partial charge in [0.05, 0.1) is 19.5 Å². The molecule has 1 aliphatic rings. The summed E-state index contributed by atoms with van der Waals surface area (Å²) in [4.78, 5) is 13.8.